The van der Waals surface area contributed by atoms with Crippen LogP contribution in [0.4, 0.5) is 0 Å². The third kappa shape index (κ3) is 147. The van der Waals surface area contributed by atoms with Gasteiger partial charge in [0, 0.05) is 26.0 Å². The molecule has 0 aromatic carbocycles. The Labute approximate surface area is 60.4 Å². The fourth-order valence-corrected chi connectivity index (χ4v) is 0. The second-order valence-corrected chi connectivity index (χ2v) is 0.618. The Morgan fingerprint density at radius 2 is 1.75 bits per heavy atom. The molecule has 0 aliphatic carbocycles. The molecule has 8 heavy (non-hydrogen) atoms. The van der Waals surface area contributed by atoms with Crippen molar-refractivity contribution in [1.29, 1.82) is 0 Å². The van der Waals surface area contributed by atoms with Crippen molar-refractivity contribution < 1.29 is 34.5 Å². The first-order valence-corrected chi connectivity index (χ1v) is 1.72. The van der Waals surface area contributed by atoms with Gasteiger partial charge in [-0.15, -0.1) is 0 Å². The van der Waals surface area contributed by atoms with Gasteiger partial charge in [0.15, 0.2) is 0 Å². The number of hydrogen-bond donors (Lipinski definition) is 3. The van der Waals surface area contributed by atoms with Crippen LogP contribution < -0.4 is 5.73 Å². The topological polar surface area (TPSA) is 83.5 Å². The number of nitrogens with two attached hydrogens (primary N) is 1. The Kier molecular flexibility index (Phi) is 54.7. The van der Waals surface area contributed by atoms with Crippen LogP contribution in [-0.2, 0) is 24.3 Å². The second-order valence-electron chi connectivity index (χ2n) is 0.618. The SMILES string of the molecule is NCCO.O=CO.[Zn]. The quantitative estimate of drug-likeness (QED) is 0.337. The molecule has 0 aromatic heterocycles. The molecular formula is C3H9NO3Zn. The van der Waals surface area contributed by atoms with E-state index >= 15 is 0 Å². The van der Waals surface area contributed by atoms with Crippen molar-refractivity contribution in [3.63, 3.8) is 0 Å². The minimum Gasteiger partial charge on any atom is -0.483 e. The summed E-state index contributed by atoms with van der Waals surface area (Å²) < 4.78 is 0. The van der Waals surface area contributed by atoms with Crippen molar-refractivity contribution in [2.45, 2.75) is 0 Å². The third-order valence-corrected chi connectivity index (χ3v) is 0.129. The van der Waals surface area contributed by atoms with Crippen molar-refractivity contribution in [2.75, 3.05) is 13.2 Å². The number of carboxylic acid groups (broad SMARTS) is 1. The summed E-state index contributed by atoms with van der Waals surface area (Å²) in [5.74, 6) is 0. The molecule has 0 aliphatic heterocycles. The number of aliphatic hydroxyl groups is 1. The summed E-state index contributed by atoms with van der Waals surface area (Å²) >= 11 is 0. The Balaban J connectivity index is -0.0000000575. The summed E-state index contributed by atoms with van der Waals surface area (Å²) in [6.07, 6.45) is 0. The minimum atomic E-state index is -0.250. The van der Waals surface area contributed by atoms with Crippen LogP contribution >= 0.6 is 0 Å². The number of carbonyl (C=O) groups is 1. The second kappa shape index (κ2) is 27.9. The van der Waals surface area contributed by atoms with Crippen molar-refractivity contribution in [1.82, 2.24) is 0 Å². The van der Waals surface area contributed by atoms with Crippen LogP contribution in [0.1, 0.15) is 0 Å². The molecule has 0 bridgehead atoms. The van der Waals surface area contributed by atoms with E-state index < -0.39 is 0 Å². The molecule has 0 aliphatic rings. The maximum Gasteiger partial charge on any atom is 0.290 e. The third-order valence-electron chi connectivity index (χ3n) is 0.129. The van der Waals surface area contributed by atoms with Gasteiger partial charge < -0.3 is 15.9 Å². The van der Waals surface area contributed by atoms with E-state index in [9.17, 15) is 0 Å². The standard InChI is InChI=1S/C2H7NO.CH2O2.Zn/c3-1-2-4;2-1-3;/h4H,1-3H2;1H,(H,2,3);. The molecule has 0 aromatic rings. The fraction of sp³-hybridized carbons (Fsp3) is 0.667. The maximum absolute atomic E-state index is 8.36. The number of hydrogen-bond acceptors (Lipinski definition) is 3. The van der Waals surface area contributed by atoms with Gasteiger partial charge in [0.1, 0.15) is 0 Å². The first-order chi connectivity index (χ1) is 3.33. The van der Waals surface area contributed by atoms with Crippen molar-refractivity contribution in [3.8, 4) is 0 Å². The molecule has 0 saturated heterocycles. The zero-order chi connectivity index (χ0) is 6.12. The fourth-order valence-electron chi connectivity index (χ4n) is 0. The van der Waals surface area contributed by atoms with Crippen LogP contribution in [0.3, 0.4) is 0 Å². The van der Waals surface area contributed by atoms with Gasteiger partial charge in [0.05, 0.1) is 6.61 Å². The molecule has 4 nitrogen and oxygen atoms in total. The van der Waals surface area contributed by atoms with Crippen LogP contribution in [0.5, 0.6) is 0 Å². The summed E-state index contributed by atoms with van der Waals surface area (Å²) in [7, 11) is 0. The number of aliphatic hydroxyl groups excluding tert-OH is 1. The average Bonchev–Trinajstić information content (AvgIpc) is 1.69. The van der Waals surface area contributed by atoms with E-state index in [0.717, 1.165) is 0 Å². The van der Waals surface area contributed by atoms with Gasteiger partial charge >= 0.3 is 0 Å². The van der Waals surface area contributed by atoms with Crippen LogP contribution in [0, 0.1) is 0 Å². The first-order valence-electron chi connectivity index (χ1n) is 1.72. The Morgan fingerprint density at radius 1 is 1.62 bits per heavy atom. The largest absolute Gasteiger partial charge is 0.483 e. The smallest absolute Gasteiger partial charge is 0.290 e. The maximum atomic E-state index is 8.36. The first kappa shape index (κ1) is 15.7. The van der Waals surface area contributed by atoms with E-state index in [0.29, 0.717) is 6.54 Å². The Morgan fingerprint density at radius 3 is 1.75 bits per heavy atom. The molecule has 0 radical (unpaired) electrons. The van der Waals surface area contributed by atoms with Gasteiger partial charge in [0.2, 0.25) is 0 Å². The van der Waals surface area contributed by atoms with Crippen LogP contribution in [0.2, 0.25) is 0 Å². The summed E-state index contributed by atoms with van der Waals surface area (Å²) in [5, 5.41) is 14.6. The van der Waals surface area contributed by atoms with E-state index in [2.05, 4.69) is 0 Å². The van der Waals surface area contributed by atoms with Crippen LogP contribution in [0.25, 0.3) is 0 Å². The molecular weight excluding hydrogens is 163 g/mol. The van der Waals surface area contributed by atoms with E-state index in [1.54, 1.807) is 0 Å². The van der Waals surface area contributed by atoms with Gasteiger partial charge in [0.25, 0.3) is 6.47 Å². The van der Waals surface area contributed by atoms with Gasteiger partial charge in [-0.3, -0.25) is 4.79 Å². The minimum absolute atomic E-state index is 0. The van der Waals surface area contributed by atoms with E-state index in [1.807, 2.05) is 0 Å². The van der Waals surface area contributed by atoms with Gasteiger partial charge in [-0.25, -0.2) is 0 Å². The van der Waals surface area contributed by atoms with Crippen molar-refractivity contribution in [3.05, 3.63) is 0 Å². The van der Waals surface area contributed by atoms with Gasteiger partial charge in [-0.05, 0) is 0 Å². The predicted octanol–water partition coefficient (Wildman–Crippen LogP) is -1.36. The average molecular weight is 172 g/mol. The molecule has 0 saturated carbocycles. The summed E-state index contributed by atoms with van der Waals surface area (Å²) in [6.45, 7) is 0.222. The molecule has 0 spiro atoms. The zero-order valence-electron chi connectivity index (χ0n) is 4.58. The molecule has 0 unspecified atom stereocenters. The Hall–Kier alpha value is 0.0134. The summed E-state index contributed by atoms with van der Waals surface area (Å²) in [4.78, 5) is 8.36. The van der Waals surface area contributed by atoms with E-state index in [1.165, 1.54) is 0 Å². The van der Waals surface area contributed by atoms with Gasteiger partial charge in [-0.1, -0.05) is 0 Å². The molecule has 5 heteroatoms. The van der Waals surface area contributed by atoms with E-state index in [-0.39, 0.29) is 32.6 Å². The molecule has 0 rings (SSSR count). The van der Waals surface area contributed by atoms with Crippen molar-refractivity contribution >= 4 is 6.47 Å². The van der Waals surface area contributed by atoms with Crippen LogP contribution in [-0.4, -0.2) is 29.8 Å². The zero-order valence-corrected chi connectivity index (χ0v) is 7.55. The monoisotopic (exact) mass is 171 g/mol. The summed E-state index contributed by atoms with van der Waals surface area (Å²) in [6, 6.07) is 0. The number of rotatable bonds is 1. The van der Waals surface area contributed by atoms with E-state index in [4.69, 9.17) is 20.7 Å². The molecule has 0 amide bonds. The normalized spacial score (nSPS) is 5.25. The molecule has 4 N–H and O–H groups in total. The summed E-state index contributed by atoms with van der Waals surface area (Å²) in [5.41, 5.74) is 4.78. The molecule has 0 atom stereocenters. The predicted molar refractivity (Wildman–Crippen MR) is 24.8 cm³/mol. The molecule has 0 heterocycles. The molecule has 46 valence electrons. The Bertz CT molecular complexity index is 33.7. The molecule has 0 fully saturated rings. The van der Waals surface area contributed by atoms with Crippen LogP contribution in [0.15, 0.2) is 0 Å². The van der Waals surface area contributed by atoms with Crippen molar-refractivity contribution in [2.24, 2.45) is 5.73 Å². The van der Waals surface area contributed by atoms with Gasteiger partial charge in [-0.2, -0.15) is 0 Å².